The topological polar surface area (TPSA) is 49.3 Å². The van der Waals surface area contributed by atoms with E-state index < -0.39 is 0 Å². The van der Waals surface area contributed by atoms with Gasteiger partial charge in [-0.1, -0.05) is 32.9 Å². The van der Waals surface area contributed by atoms with Gasteiger partial charge in [0.1, 0.15) is 5.75 Å². The van der Waals surface area contributed by atoms with Gasteiger partial charge in [0.15, 0.2) is 0 Å². The van der Waals surface area contributed by atoms with E-state index in [9.17, 15) is 9.90 Å². The van der Waals surface area contributed by atoms with Crippen molar-refractivity contribution < 1.29 is 26.8 Å². The van der Waals surface area contributed by atoms with E-state index in [1.54, 1.807) is 0 Å². The first-order valence-corrected chi connectivity index (χ1v) is 8.30. The van der Waals surface area contributed by atoms with Crippen molar-refractivity contribution in [3.8, 4) is 5.75 Å². The second-order valence-electron chi connectivity index (χ2n) is 8.42. The number of aromatic hydroxyl groups is 1. The first-order valence-electron chi connectivity index (χ1n) is 8.30. The van der Waals surface area contributed by atoms with Crippen LogP contribution in [0.3, 0.4) is 0 Å². The van der Waals surface area contributed by atoms with Gasteiger partial charge in [0, 0.05) is 6.42 Å². The molecule has 2 N–H and O–H groups in total. The van der Waals surface area contributed by atoms with Crippen molar-refractivity contribution in [1.29, 1.82) is 0 Å². The normalized spacial score (nSPS) is 11.8. The number of quaternary nitrogens is 1. The number of nitrogens with one attached hydrogen (secondary N) is 1. The lowest BCUT2D eigenvalue weighted by Gasteiger charge is -2.24. The molecule has 1 rings (SSSR count). The summed E-state index contributed by atoms with van der Waals surface area (Å²) in [6.45, 7) is 9.78. The summed E-state index contributed by atoms with van der Waals surface area (Å²) in [5.41, 5.74) is 2.81. The van der Waals surface area contributed by atoms with E-state index >= 15 is 0 Å². The van der Waals surface area contributed by atoms with Gasteiger partial charge in [-0.15, -0.1) is 0 Å². The molecular weight excluding hydrogens is 324 g/mol. The van der Waals surface area contributed by atoms with Crippen LogP contribution in [0, 0.1) is 6.92 Å². The van der Waals surface area contributed by atoms with Crippen LogP contribution < -0.4 is 17.7 Å². The molecule has 0 aliphatic heterocycles. The van der Waals surface area contributed by atoms with Crippen LogP contribution in [0.25, 0.3) is 0 Å². The summed E-state index contributed by atoms with van der Waals surface area (Å²) in [6.07, 6.45) is 1.17. The number of carbonyl (C=O) groups excluding carboxylic acids is 1. The molecule has 0 radical (unpaired) electrons. The molecule has 24 heavy (non-hydrogen) atoms. The molecule has 5 heteroatoms. The number of phenols is 1. The zero-order chi connectivity index (χ0) is 17.8. The molecule has 1 aromatic carbocycles. The van der Waals surface area contributed by atoms with Crippen LogP contribution in [0.2, 0.25) is 0 Å². The van der Waals surface area contributed by atoms with Crippen LogP contribution in [-0.2, 0) is 16.6 Å². The van der Waals surface area contributed by atoms with E-state index in [1.165, 1.54) is 0 Å². The maximum absolute atomic E-state index is 12.0. The summed E-state index contributed by atoms with van der Waals surface area (Å²) >= 11 is 0. The Hall–Kier alpha value is -1.26. The van der Waals surface area contributed by atoms with E-state index in [1.807, 2.05) is 19.1 Å². The maximum Gasteiger partial charge on any atom is 0.220 e. The highest BCUT2D eigenvalue weighted by molar-refractivity contribution is 5.76. The quantitative estimate of drug-likeness (QED) is 0.691. The molecular formula is C19H33ClN2O2. The second-order valence-corrected chi connectivity index (χ2v) is 8.42. The van der Waals surface area contributed by atoms with Crippen molar-refractivity contribution in [2.24, 2.45) is 0 Å². The van der Waals surface area contributed by atoms with Gasteiger partial charge in [-0.25, -0.2) is 0 Å². The van der Waals surface area contributed by atoms with Crippen molar-refractivity contribution in [2.45, 2.75) is 46.0 Å². The van der Waals surface area contributed by atoms with Gasteiger partial charge in [-0.05, 0) is 35.4 Å². The number of rotatable bonds is 6. The molecule has 138 valence electrons. The predicted octanol–water partition coefficient (Wildman–Crippen LogP) is -0.243. The Morgan fingerprint density at radius 1 is 1.21 bits per heavy atom. The predicted molar refractivity (Wildman–Crippen MR) is 95.8 cm³/mol. The highest BCUT2D eigenvalue weighted by atomic mass is 35.5. The number of phenolic OH excluding ortho intramolecular Hbond substituents is 1. The van der Waals surface area contributed by atoms with Gasteiger partial charge in [-0.3, -0.25) is 4.79 Å². The molecule has 1 aromatic rings. The number of likely N-dealkylation sites (N-methyl/N-ethyl adjacent to an activating group) is 1. The maximum atomic E-state index is 12.0. The Morgan fingerprint density at radius 3 is 2.29 bits per heavy atom. The van der Waals surface area contributed by atoms with Crippen LogP contribution in [0.5, 0.6) is 5.75 Å². The number of nitrogens with zero attached hydrogens (tertiary/aromatic N) is 1. The zero-order valence-electron chi connectivity index (χ0n) is 16.2. The zero-order valence-corrected chi connectivity index (χ0v) is 16.9. The van der Waals surface area contributed by atoms with Crippen molar-refractivity contribution in [3.63, 3.8) is 0 Å². The average molecular weight is 357 g/mol. The van der Waals surface area contributed by atoms with Crippen molar-refractivity contribution in [1.82, 2.24) is 5.32 Å². The number of halogens is 1. The summed E-state index contributed by atoms with van der Waals surface area (Å²) in [5, 5.41) is 13.2. The number of hydrogen-bond donors (Lipinski definition) is 2. The molecule has 0 fully saturated rings. The van der Waals surface area contributed by atoms with Crippen molar-refractivity contribution >= 4 is 5.91 Å². The monoisotopic (exact) mass is 356 g/mol. The SMILES string of the molecule is Cc1cc(CCC(=O)NCC[N+](C)(C)C)cc(C(C)(C)C)c1O.[Cl-]. The summed E-state index contributed by atoms with van der Waals surface area (Å²) in [6, 6.07) is 4.01. The average Bonchev–Trinajstić information content (AvgIpc) is 2.37. The fourth-order valence-electron chi connectivity index (χ4n) is 2.45. The first kappa shape index (κ1) is 22.7. The van der Waals surface area contributed by atoms with Crippen LogP contribution in [0.1, 0.15) is 43.9 Å². The van der Waals surface area contributed by atoms with Crippen LogP contribution >= 0.6 is 0 Å². The minimum absolute atomic E-state index is 0. The lowest BCUT2D eigenvalue weighted by Crippen LogP contribution is -3.00. The van der Waals surface area contributed by atoms with Crippen LogP contribution in [-0.4, -0.2) is 49.7 Å². The fraction of sp³-hybridized carbons (Fsp3) is 0.632. The third-order valence-electron chi connectivity index (χ3n) is 3.91. The summed E-state index contributed by atoms with van der Waals surface area (Å²) in [5.74, 6) is 0.454. The summed E-state index contributed by atoms with van der Waals surface area (Å²) in [4.78, 5) is 12.0. The molecule has 0 aromatic heterocycles. The van der Waals surface area contributed by atoms with E-state index in [2.05, 4.69) is 47.2 Å². The number of amides is 1. The standard InChI is InChI=1S/C19H32N2O2.ClH/c1-14-12-15(13-16(18(14)23)19(2,3)4)8-9-17(22)20-10-11-21(5,6)7;/h12-13H,8-11H2,1-7H3,(H-,20,22,23);1H. The van der Waals surface area contributed by atoms with Gasteiger partial charge in [0.2, 0.25) is 5.91 Å². The molecule has 0 spiro atoms. The van der Waals surface area contributed by atoms with Crippen molar-refractivity contribution in [2.75, 3.05) is 34.2 Å². The number of benzene rings is 1. The third-order valence-corrected chi connectivity index (χ3v) is 3.91. The second kappa shape index (κ2) is 8.72. The van der Waals surface area contributed by atoms with Gasteiger partial charge >= 0.3 is 0 Å². The van der Waals surface area contributed by atoms with Crippen LogP contribution in [0.4, 0.5) is 0 Å². The lowest BCUT2D eigenvalue weighted by atomic mass is 9.83. The van der Waals surface area contributed by atoms with E-state index in [0.29, 0.717) is 25.1 Å². The molecule has 0 saturated heterocycles. The highest BCUT2D eigenvalue weighted by Gasteiger charge is 2.20. The van der Waals surface area contributed by atoms with Crippen LogP contribution in [0.15, 0.2) is 12.1 Å². The minimum Gasteiger partial charge on any atom is -1.00 e. The van der Waals surface area contributed by atoms with E-state index in [0.717, 1.165) is 27.7 Å². The molecule has 0 aliphatic rings. The molecule has 0 bridgehead atoms. The summed E-state index contributed by atoms with van der Waals surface area (Å²) in [7, 11) is 6.33. The Morgan fingerprint density at radius 2 is 1.79 bits per heavy atom. The molecule has 0 unspecified atom stereocenters. The van der Waals surface area contributed by atoms with Gasteiger partial charge < -0.3 is 27.3 Å². The number of hydrogen-bond acceptors (Lipinski definition) is 2. The molecule has 4 nitrogen and oxygen atoms in total. The number of aryl methyl sites for hydroxylation is 2. The smallest absolute Gasteiger partial charge is 0.220 e. The van der Waals surface area contributed by atoms with Crippen molar-refractivity contribution in [3.05, 3.63) is 28.8 Å². The Bertz CT molecular complexity index is 558. The van der Waals surface area contributed by atoms with E-state index in [-0.39, 0.29) is 23.7 Å². The van der Waals surface area contributed by atoms with Gasteiger partial charge in [0.25, 0.3) is 0 Å². The number of carbonyl (C=O) groups is 1. The first-order chi connectivity index (χ1) is 10.4. The van der Waals surface area contributed by atoms with E-state index in [4.69, 9.17) is 0 Å². The Labute approximate surface area is 153 Å². The van der Waals surface area contributed by atoms with Gasteiger partial charge in [0.05, 0.1) is 34.2 Å². The molecule has 0 saturated carbocycles. The Balaban J connectivity index is 0.00000529. The Kier molecular flexibility index (Phi) is 8.27. The fourth-order valence-corrected chi connectivity index (χ4v) is 2.45. The highest BCUT2D eigenvalue weighted by Crippen LogP contribution is 2.34. The minimum atomic E-state index is -0.113. The summed E-state index contributed by atoms with van der Waals surface area (Å²) < 4.78 is 0.840. The molecule has 0 heterocycles. The molecule has 0 aliphatic carbocycles. The van der Waals surface area contributed by atoms with Gasteiger partial charge in [-0.2, -0.15) is 0 Å². The largest absolute Gasteiger partial charge is 1.00 e. The molecule has 1 amide bonds. The lowest BCUT2D eigenvalue weighted by molar-refractivity contribution is -0.869. The third kappa shape index (κ3) is 7.54. The molecule has 0 atom stereocenters.